The van der Waals surface area contributed by atoms with Crippen LogP contribution in [0.25, 0.3) is 10.9 Å². The Bertz CT molecular complexity index is 1500. The predicted octanol–water partition coefficient (Wildman–Crippen LogP) is 5.72. The Labute approximate surface area is 218 Å². The number of aromatic nitrogens is 1. The van der Waals surface area contributed by atoms with Gasteiger partial charge in [-0.2, -0.15) is 0 Å². The van der Waals surface area contributed by atoms with Gasteiger partial charge in [-0.05, 0) is 41.2 Å². The lowest BCUT2D eigenvalue weighted by molar-refractivity contribution is -0.139. The van der Waals surface area contributed by atoms with Gasteiger partial charge in [0.15, 0.2) is 0 Å². The minimum Gasteiger partial charge on any atom is -0.350 e. The van der Waals surface area contributed by atoms with E-state index >= 15 is 0 Å². The van der Waals surface area contributed by atoms with Crippen molar-refractivity contribution in [1.82, 2.24) is 14.4 Å². The first kappa shape index (κ1) is 23.5. The molecule has 5 nitrogen and oxygen atoms in total. The Kier molecular flexibility index (Phi) is 5.86. The molecule has 3 aromatic carbocycles. The van der Waals surface area contributed by atoms with Crippen molar-refractivity contribution in [3.63, 3.8) is 0 Å². The molecular weight excluding hydrogens is 458 g/mol. The molecule has 0 fully saturated rings. The smallest absolute Gasteiger partial charge is 0.255 e. The van der Waals surface area contributed by atoms with Gasteiger partial charge in [-0.15, -0.1) is 0 Å². The van der Waals surface area contributed by atoms with Crippen molar-refractivity contribution in [3.8, 4) is 0 Å². The lowest BCUT2D eigenvalue weighted by Gasteiger charge is -2.40. The Morgan fingerprint density at radius 3 is 2.46 bits per heavy atom. The summed E-state index contributed by atoms with van der Waals surface area (Å²) in [6.45, 7) is 5.49. The van der Waals surface area contributed by atoms with Crippen molar-refractivity contribution < 1.29 is 9.59 Å². The molecule has 188 valence electrons. The van der Waals surface area contributed by atoms with Crippen molar-refractivity contribution in [2.45, 2.75) is 45.3 Å². The minimum atomic E-state index is -0.542. The minimum absolute atomic E-state index is 0.0143. The van der Waals surface area contributed by atoms with Crippen LogP contribution in [0.15, 0.2) is 79.0 Å². The third-order valence-corrected chi connectivity index (χ3v) is 8.40. The molecule has 37 heavy (non-hydrogen) atoms. The van der Waals surface area contributed by atoms with Crippen LogP contribution >= 0.6 is 0 Å². The molecule has 0 aliphatic carbocycles. The van der Waals surface area contributed by atoms with Gasteiger partial charge in [0.1, 0.15) is 6.04 Å². The molecule has 4 aromatic rings. The molecule has 2 amide bonds. The molecular formula is C32H33N3O2. The topological polar surface area (TPSA) is 45.6 Å². The van der Waals surface area contributed by atoms with E-state index in [2.05, 4.69) is 61.0 Å². The fourth-order valence-electron chi connectivity index (χ4n) is 6.26. The van der Waals surface area contributed by atoms with E-state index in [4.69, 9.17) is 0 Å². The van der Waals surface area contributed by atoms with Crippen LogP contribution in [-0.2, 0) is 24.8 Å². The number of amides is 2. The SMILES string of the molecule is CCC(C)C(C(=O)N1CCc2ccccc2C1)N1C(=O)c2ccccc2C1c1cn(C)c2ccccc12. The summed E-state index contributed by atoms with van der Waals surface area (Å²) in [5, 5.41) is 1.12. The molecule has 2 aliphatic heterocycles. The zero-order valence-electron chi connectivity index (χ0n) is 21.7. The third kappa shape index (κ3) is 3.76. The molecule has 3 unspecified atom stereocenters. The van der Waals surface area contributed by atoms with Gasteiger partial charge >= 0.3 is 0 Å². The van der Waals surface area contributed by atoms with Gasteiger partial charge in [-0.3, -0.25) is 9.59 Å². The van der Waals surface area contributed by atoms with Gasteiger partial charge in [-0.1, -0.05) is 80.9 Å². The summed E-state index contributed by atoms with van der Waals surface area (Å²) in [6, 6.07) is 23.7. The number of carbonyl (C=O) groups excluding carboxylic acids is 2. The Morgan fingerprint density at radius 1 is 0.946 bits per heavy atom. The van der Waals surface area contributed by atoms with E-state index in [0.29, 0.717) is 18.7 Å². The Morgan fingerprint density at radius 2 is 1.65 bits per heavy atom. The fraction of sp³-hybridized carbons (Fsp3) is 0.312. The van der Waals surface area contributed by atoms with Crippen LogP contribution in [0, 0.1) is 5.92 Å². The number of carbonyl (C=O) groups is 2. The molecule has 6 rings (SSSR count). The van der Waals surface area contributed by atoms with E-state index in [9.17, 15) is 9.59 Å². The number of hydrogen-bond donors (Lipinski definition) is 0. The van der Waals surface area contributed by atoms with E-state index in [-0.39, 0.29) is 23.8 Å². The third-order valence-electron chi connectivity index (χ3n) is 8.40. The summed E-state index contributed by atoms with van der Waals surface area (Å²) >= 11 is 0. The molecule has 0 saturated carbocycles. The summed E-state index contributed by atoms with van der Waals surface area (Å²) in [5.74, 6) is 0.0141. The molecule has 0 saturated heterocycles. The highest BCUT2D eigenvalue weighted by Gasteiger charge is 2.47. The second kappa shape index (κ2) is 9.22. The first-order valence-corrected chi connectivity index (χ1v) is 13.3. The van der Waals surface area contributed by atoms with Crippen LogP contribution in [0.1, 0.15) is 58.9 Å². The maximum absolute atomic E-state index is 14.4. The highest BCUT2D eigenvalue weighted by Crippen LogP contribution is 2.44. The number of aryl methyl sites for hydroxylation is 1. The van der Waals surface area contributed by atoms with Crippen LogP contribution < -0.4 is 0 Å². The maximum Gasteiger partial charge on any atom is 0.255 e. The second-order valence-corrected chi connectivity index (χ2v) is 10.5. The molecule has 3 atom stereocenters. The highest BCUT2D eigenvalue weighted by atomic mass is 16.2. The van der Waals surface area contributed by atoms with Crippen molar-refractivity contribution in [2.24, 2.45) is 13.0 Å². The first-order chi connectivity index (χ1) is 18.0. The van der Waals surface area contributed by atoms with Gasteiger partial charge in [0.2, 0.25) is 5.91 Å². The van der Waals surface area contributed by atoms with Crippen molar-refractivity contribution in [3.05, 3.63) is 107 Å². The normalized spacial score (nSPS) is 18.6. The van der Waals surface area contributed by atoms with Crippen LogP contribution in [-0.4, -0.2) is 38.8 Å². The molecule has 1 aromatic heterocycles. The lowest BCUT2D eigenvalue weighted by Crippen LogP contribution is -2.54. The van der Waals surface area contributed by atoms with E-state index in [0.717, 1.165) is 34.9 Å². The average molecular weight is 492 g/mol. The lowest BCUT2D eigenvalue weighted by atomic mass is 9.91. The van der Waals surface area contributed by atoms with E-state index in [1.165, 1.54) is 11.1 Å². The standard InChI is InChI=1S/C32H33N3O2/c1-4-21(2)29(32(37)34-18-17-22-11-5-6-12-23(22)19-34)35-30(25-14-7-8-15-26(25)31(35)36)27-20-33(3)28-16-10-9-13-24(27)28/h5-16,20-21,29-30H,4,17-19H2,1-3H3. The molecule has 0 radical (unpaired) electrons. The van der Waals surface area contributed by atoms with Gasteiger partial charge in [-0.25, -0.2) is 0 Å². The predicted molar refractivity (Wildman–Crippen MR) is 146 cm³/mol. The molecule has 5 heteroatoms. The van der Waals surface area contributed by atoms with Crippen LogP contribution in [0.5, 0.6) is 0 Å². The quantitative estimate of drug-likeness (QED) is 0.358. The second-order valence-electron chi connectivity index (χ2n) is 10.5. The number of benzene rings is 3. The maximum atomic E-state index is 14.4. The molecule has 2 aliphatic rings. The number of fused-ring (bicyclic) bond motifs is 3. The number of para-hydroxylation sites is 1. The van der Waals surface area contributed by atoms with E-state index < -0.39 is 6.04 Å². The van der Waals surface area contributed by atoms with Gasteiger partial charge in [0.05, 0.1) is 6.04 Å². The molecule has 3 heterocycles. The van der Waals surface area contributed by atoms with Gasteiger partial charge in [0.25, 0.3) is 5.91 Å². The largest absolute Gasteiger partial charge is 0.350 e. The summed E-state index contributed by atoms with van der Waals surface area (Å²) < 4.78 is 2.12. The van der Waals surface area contributed by atoms with E-state index in [1.807, 2.05) is 53.2 Å². The zero-order valence-corrected chi connectivity index (χ0v) is 21.7. The summed E-state index contributed by atoms with van der Waals surface area (Å²) in [6.07, 6.45) is 3.78. The van der Waals surface area contributed by atoms with Crippen molar-refractivity contribution in [1.29, 1.82) is 0 Å². The summed E-state index contributed by atoms with van der Waals surface area (Å²) in [5.41, 5.74) is 6.38. The molecule has 0 N–H and O–H groups in total. The van der Waals surface area contributed by atoms with Crippen molar-refractivity contribution in [2.75, 3.05) is 6.54 Å². The number of rotatable bonds is 5. The zero-order chi connectivity index (χ0) is 25.7. The Hall–Kier alpha value is -3.86. The van der Waals surface area contributed by atoms with Gasteiger partial charge in [0, 0.05) is 48.4 Å². The monoisotopic (exact) mass is 491 g/mol. The molecule has 0 bridgehead atoms. The fourth-order valence-corrected chi connectivity index (χ4v) is 6.26. The summed E-state index contributed by atoms with van der Waals surface area (Å²) in [7, 11) is 2.04. The van der Waals surface area contributed by atoms with E-state index in [1.54, 1.807) is 0 Å². The number of nitrogens with zero attached hydrogens (tertiary/aromatic N) is 3. The first-order valence-electron chi connectivity index (χ1n) is 13.3. The Balaban J connectivity index is 1.47. The number of hydrogen-bond acceptors (Lipinski definition) is 2. The van der Waals surface area contributed by atoms with Crippen molar-refractivity contribution >= 4 is 22.7 Å². The van der Waals surface area contributed by atoms with Crippen LogP contribution in [0.2, 0.25) is 0 Å². The van der Waals surface area contributed by atoms with Gasteiger partial charge < -0.3 is 14.4 Å². The van der Waals surface area contributed by atoms with Crippen LogP contribution in [0.3, 0.4) is 0 Å². The summed E-state index contributed by atoms with van der Waals surface area (Å²) in [4.78, 5) is 32.4. The molecule has 0 spiro atoms. The average Bonchev–Trinajstić information content (AvgIpc) is 3.42. The highest BCUT2D eigenvalue weighted by molar-refractivity contribution is 6.03. The van der Waals surface area contributed by atoms with Crippen LogP contribution in [0.4, 0.5) is 0 Å².